The quantitative estimate of drug-likeness (QED) is 0.480. The van der Waals surface area contributed by atoms with Gasteiger partial charge < -0.3 is 4.90 Å². The topological polar surface area (TPSA) is 70.6 Å². The number of anilines is 1. The van der Waals surface area contributed by atoms with Gasteiger partial charge in [-0.1, -0.05) is 35.1 Å². The number of halogens is 2. The summed E-state index contributed by atoms with van der Waals surface area (Å²) in [5.74, 6) is -1.13. The molecule has 2 aromatic carbocycles. The molecule has 0 saturated heterocycles. The van der Waals surface area contributed by atoms with Crippen LogP contribution < -0.4 is 4.90 Å². The number of sulfone groups is 1. The highest BCUT2D eigenvalue weighted by Crippen LogP contribution is 2.33. The van der Waals surface area contributed by atoms with Crippen LogP contribution in [-0.2, 0) is 14.6 Å². The van der Waals surface area contributed by atoms with Crippen LogP contribution in [-0.4, -0.2) is 57.1 Å². The summed E-state index contributed by atoms with van der Waals surface area (Å²) in [7, 11) is 0.00422. The molecule has 31 heavy (non-hydrogen) atoms. The van der Waals surface area contributed by atoms with Crippen molar-refractivity contribution in [2.45, 2.75) is 18.7 Å². The molecule has 0 atom stereocenters. The number of amides is 1. The van der Waals surface area contributed by atoms with Gasteiger partial charge >= 0.3 is 0 Å². The van der Waals surface area contributed by atoms with E-state index in [1.807, 2.05) is 45.0 Å². The molecule has 0 unspecified atom stereocenters. The number of thiazole rings is 1. The first-order chi connectivity index (χ1) is 14.1. The van der Waals surface area contributed by atoms with Crippen LogP contribution in [0, 0.1) is 13.8 Å². The number of benzene rings is 2. The number of hydrogen-bond acceptors (Lipinski definition) is 6. The minimum atomic E-state index is -3.80. The number of aromatic nitrogens is 1. The molecule has 6 nitrogen and oxygen atoms in total. The molecule has 10 heteroatoms. The molecule has 0 N–H and O–H groups in total. The molecule has 0 aliphatic rings. The zero-order valence-electron chi connectivity index (χ0n) is 17.8. The maximum Gasteiger partial charge on any atom is 0.244 e. The molecule has 0 saturated carbocycles. The highest BCUT2D eigenvalue weighted by molar-refractivity contribution is 7.92. The van der Waals surface area contributed by atoms with Gasteiger partial charge in [0.25, 0.3) is 0 Å². The van der Waals surface area contributed by atoms with Gasteiger partial charge in [0.1, 0.15) is 5.75 Å². The van der Waals surface area contributed by atoms with Gasteiger partial charge in [-0.15, -0.1) is 12.4 Å². The molecule has 0 fully saturated rings. The van der Waals surface area contributed by atoms with Crippen molar-refractivity contribution in [1.82, 2.24) is 9.88 Å². The fourth-order valence-corrected chi connectivity index (χ4v) is 5.44. The predicted octanol–water partition coefficient (Wildman–Crippen LogP) is 4.36. The van der Waals surface area contributed by atoms with Gasteiger partial charge in [-0.2, -0.15) is 0 Å². The van der Waals surface area contributed by atoms with Gasteiger partial charge in [-0.25, -0.2) is 13.4 Å². The molecular weight excluding hydrogens is 477 g/mol. The lowest BCUT2D eigenvalue weighted by Gasteiger charge is -2.22. The lowest BCUT2D eigenvalue weighted by atomic mass is 10.1. The second-order valence-electron chi connectivity index (χ2n) is 7.44. The van der Waals surface area contributed by atoms with Crippen molar-refractivity contribution < 1.29 is 13.2 Å². The highest BCUT2D eigenvalue weighted by atomic mass is 35.5. The Labute approximate surface area is 198 Å². The average molecular weight is 502 g/mol. The van der Waals surface area contributed by atoms with Crippen LogP contribution in [0.3, 0.4) is 0 Å². The third-order valence-corrected chi connectivity index (χ3v) is 7.80. The first kappa shape index (κ1) is 25.5. The van der Waals surface area contributed by atoms with E-state index in [1.54, 1.807) is 0 Å². The van der Waals surface area contributed by atoms with Crippen molar-refractivity contribution in [2.75, 3.05) is 37.8 Å². The van der Waals surface area contributed by atoms with Crippen LogP contribution in [0.15, 0.2) is 41.3 Å². The maximum atomic E-state index is 13.1. The molecule has 0 spiro atoms. The van der Waals surface area contributed by atoms with E-state index >= 15 is 0 Å². The number of carbonyl (C=O) groups excluding carboxylic acids is 1. The first-order valence-electron chi connectivity index (χ1n) is 9.38. The summed E-state index contributed by atoms with van der Waals surface area (Å²) in [6.07, 6.45) is 0. The Bertz CT molecular complexity index is 1140. The monoisotopic (exact) mass is 501 g/mol. The number of rotatable bonds is 7. The van der Waals surface area contributed by atoms with Crippen molar-refractivity contribution >= 4 is 66.4 Å². The Morgan fingerprint density at radius 1 is 1.03 bits per heavy atom. The van der Waals surface area contributed by atoms with E-state index in [2.05, 4.69) is 4.98 Å². The van der Waals surface area contributed by atoms with Crippen LogP contribution in [0.1, 0.15) is 11.1 Å². The van der Waals surface area contributed by atoms with Crippen LogP contribution >= 0.6 is 35.3 Å². The van der Waals surface area contributed by atoms with E-state index in [0.717, 1.165) is 21.3 Å². The Hall–Kier alpha value is -1.71. The highest BCUT2D eigenvalue weighted by Gasteiger charge is 2.27. The number of aryl methyl sites for hydroxylation is 2. The summed E-state index contributed by atoms with van der Waals surface area (Å²) in [6, 6.07) is 9.86. The molecule has 1 heterocycles. The Morgan fingerprint density at radius 2 is 1.65 bits per heavy atom. The average Bonchev–Trinajstić information content (AvgIpc) is 3.11. The van der Waals surface area contributed by atoms with Crippen molar-refractivity contribution in [1.29, 1.82) is 0 Å². The van der Waals surface area contributed by atoms with Crippen molar-refractivity contribution in [3.63, 3.8) is 0 Å². The van der Waals surface area contributed by atoms with Crippen LogP contribution in [0.25, 0.3) is 10.2 Å². The van der Waals surface area contributed by atoms with Crippen molar-refractivity contribution in [3.05, 3.63) is 52.5 Å². The molecule has 0 radical (unpaired) electrons. The smallest absolute Gasteiger partial charge is 0.244 e. The van der Waals surface area contributed by atoms with Crippen molar-refractivity contribution in [3.8, 4) is 0 Å². The Morgan fingerprint density at radius 3 is 2.23 bits per heavy atom. The summed E-state index contributed by atoms with van der Waals surface area (Å²) in [5, 5.41) is 0.952. The summed E-state index contributed by atoms with van der Waals surface area (Å²) in [6.45, 7) is 4.91. The molecule has 3 aromatic rings. The minimum absolute atomic E-state index is 0. The largest absolute Gasteiger partial charge is 0.308 e. The van der Waals surface area contributed by atoms with Crippen LogP contribution in [0.5, 0.6) is 0 Å². The number of nitrogens with zero attached hydrogens (tertiary/aromatic N) is 3. The fraction of sp³-hybridized carbons (Fsp3) is 0.333. The zero-order valence-corrected chi connectivity index (χ0v) is 21.0. The molecule has 168 valence electrons. The van der Waals surface area contributed by atoms with E-state index in [9.17, 15) is 13.2 Å². The molecule has 0 aliphatic carbocycles. The zero-order chi connectivity index (χ0) is 22.1. The third-order valence-electron chi connectivity index (χ3n) is 4.72. The normalized spacial score (nSPS) is 11.5. The van der Waals surface area contributed by atoms with E-state index < -0.39 is 21.5 Å². The summed E-state index contributed by atoms with van der Waals surface area (Å²) < 4.78 is 26.6. The number of fused-ring (bicyclic) bond motifs is 1. The molecule has 1 amide bonds. The third kappa shape index (κ3) is 5.96. The number of hydrogen-bond donors (Lipinski definition) is 0. The predicted molar refractivity (Wildman–Crippen MR) is 131 cm³/mol. The van der Waals surface area contributed by atoms with Crippen molar-refractivity contribution in [2.24, 2.45) is 0 Å². The maximum absolute atomic E-state index is 13.1. The summed E-state index contributed by atoms with van der Waals surface area (Å²) >= 11 is 7.26. The Balaban J connectivity index is 0.00000341. The van der Waals surface area contributed by atoms with E-state index in [1.165, 1.54) is 40.5 Å². The molecule has 0 bridgehead atoms. The van der Waals surface area contributed by atoms with Gasteiger partial charge in [0, 0.05) is 18.1 Å². The standard InChI is InChI=1S/C21H24ClN3O3S2.ClH/c1-14-5-6-15(2)20-19(14)23-21(29-20)25(12-11-24(3)4)18(26)13-30(27,28)17-9-7-16(22)8-10-17;/h5-10H,11-13H2,1-4H3;1H. The molecular formula is C21H25Cl2N3O3S2. The van der Waals surface area contributed by atoms with E-state index in [4.69, 9.17) is 11.6 Å². The lowest BCUT2D eigenvalue weighted by Crippen LogP contribution is -2.40. The second kappa shape index (κ2) is 10.3. The minimum Gasteiger partial charge on any atom is -0.308 e. The fourth-order valence-electron chi connectivity index (χ4n) is 2.96. The van der Waals surface area contributed by atoms with Gasteiger partial charge in [-0.05, 0) is 63.3 Å². The van der Waals surface area contributed by atoms with Gasteiger partial charge in [0.15, 0.2) is 15.0 Å². The summed E-state index contributed by atoms with van der Waals surface area (Å²) in [5.41, 5.74) is 2.94. The molecule has 3 rings (SSSR count). The first-order valence-corrected chi connectivity index (χ1v) is 12.2. The van der Waals surface area contributed by atoms with Crippen LogP contribution in [0.2, 0.25) is 5.02 Å². The number of likely N-dealkylation sites (N-methyl/N-ethyl adjacent to an activating group) is 1. The number of carbonyl (C=O) groups is 1. The lowest BCUT2D eigenvalue weighted by molar-refractivity contribution is -0.116. The van der Waals surface area contributed by atoms with Gasteiger partial charge in [0.2, 0.25) is 5.91 Å². The van der Waals surface area contributed by atoms with E-state index in [-0.39, 0.29) is 17.3 Å². The van der Waals surface area contributed by atoms with Gasteiger partial charge in [-0.3, -0.25) is 9.69 Å². The second-order valence-corrected chi connectivity index (χ2v) is 10.8. The van der Waals surface area contributed by atoms with Crippen LogP contribution in [0.4, 0.5) is 5.13 Å². The summed E-state index contributed by atoms with van der Waals surface area (Å²) in [4.78, 5) is 21.3. The molecule has 0 aliphatic heterocycles. The SMILES string of the molecule is Cc1ccc(C)c2sc(N(CCN(C)C)C(=O)CS(=O)(=O)c3ccc(Cl)cc3)nc12.Cl. The molecule has 1 aromatic heterocycles. The Kier molecular flexibility index (Phi) is 8.47. The van der Waals surface area contributed by atoms with Gasteiger partial charge in [0.05, 0.1) is 15.1 Å². The van der Waals surface area contributed by atoms with E-state index in [0.29, 0.717) is 23.2 Å².